The van der Waals surface area contributed by atoms with Gasteiger partial charge in [0, 0.05) is 6.42 Å². The third kappa shape index (κ3) is 2.42. The quantitative estimate of drug-likeness (QED) is 0.810. The molecule has 0 aromatic heterocycles. The normalized spacial score (nSPS) is 17.2. The molecule has 1 aliphatic rings. The Kier molecular flexibility index (Phi) is 3.09. The smallest absolute Gasteiger partial charge is 0.184 e. The molecule has 0 atom stereocenters. The minimum absolute atomic E-state index is 0.00441. The van der Waals surface area contributed by atoms with Crippen molar-refractivity contribution in [3.05, 3.63) is 48.0 Å². The Morgan fingerprint density at radius 1 is 1.00 bits per heavy atom. The predicted molar refractivity (Wildman–Crippen MR) is 68.4 cm³/mol. The highest BCUT2D eigenvalue weighted by molar-refractivity contribution is 5.83. The molecule has 0 radical (unpaired) electrons. The molecule has 1 saturated heterocycles. The maximum Gasteiger partial charge on any atom is 0.184 e. The number of benzene rings is 2. The first-order chi connectivity index (χ1) is 8.81. The fraction of sp³-hybridized carbons (Fsp3) is 0.267. The van der Waals surface area contributed by atoms with E-state index in [2.05, 4.69) is 30.3 Å². The topological polar surface area (TPSA) is 35.5 Å². The summed E-state index contributed by atoms with van der Waals surface area (Å²) in [5, 5.41) is 2.43. The molecule has 0 unspecified atom stereocenters. The van der Waals surface area contributed by atoms with E-state index in [1.54, 1.807) is 0 Å². The van der Waals surface area contributed by atoms with Crippen molar-refractivity contribution in [3.63, 3.8) is 0 Å². The standard InChI is InChI=1S/C15H14O3/c16-14-9-17-15(18-10-14)8-11-5-6-12-3-1-2-4-13(12)7-11/h1-7,15H,8-10H2. The Balaban J connectivity index is 1.76. The molecule has 0 aliphatic carbocycles. The zero-order valence-electron chi connectivity index (χ0n) is 9.96. The second-order valence-electron chi connectivity index (χ2n) is 4.48. The molecule has 0 saturated carbocycles. The molecule has 3 nitrogen and oxygen atoms in total. The van der Waals surface area contributed by atoms with Crippen LogP contribution in [0.4, 0.5) is 0 Å². The number of carbonyl (C=O) groups excluding carboxylic acids is 1. The van der Waals surface area contributed by atoms with Crippen LogP contribution in [0.3, 0.4) is 0 Å². The number of carbonyl (C=O) groups is 1. The van der Waals surface area contributed by atoms with Crippen LogP contribution in [0.25, 0.3) is 10.8 Å². The third-order valence-electron chi connectivity index (χ3n) is 3.08. The van der Waals surface area contributed by atoms with Crippen molar-refractivity contribution in [1.82, 2.24) is 0 Å². The van der Waals surface area contributed by atoms with Crippen LogP contribution in [-0.4, -0.2) is 25.3 Å². The molecule has 2 aromatic rings. The fourth-order valence-electron chi connectivity index (χ4n) is 2.14. The summed E-state index contributed by atoms with van der Waals surface area (Å²) in [4.78, 5) is 11.0. The van der Waals surface area contributed by atoms with Crippen molar-refractivity contribution in [1.29, 1.82) is 0 Å². The van der Waals surface area contributed by atoms with Crippen LogP contribution in [0.1, 0.15) is 5.56 Å². The molecule has 0 spiro atoms. The monoisotopic (exact) mass is 242 g/mol. The molecule has 1 heterocycles. The van der Waals surface area contributed by atoms with E-state index in [-0.39, 0.29) is 25.3 Å². The molecule has 2 aromatic carbocycles. The zero-order chi connectivity index (χ0) is 12.4. The van der Waals surface area contributed by atoms with Gasteiger partial charge in [0.25, 0.3) is 0 Å². The van der Waals surface area contributed by atoms with E-state index in [1.807, 2.05) is 12.1 Å². The van der Waals surface area contributed by atoms with E-state index in [0.29, 0.717) is 6.42 Å². The Labute approximate surface area is 105 Å². The summed E-state index contributed by atoms with van der Waals surface area (Å²) in [6.07, 6.45) is 0.377. The average Bonchev–Trinajstić information content (AvgIpc) is 2.41. The van der Waals surface area contributed by atoms with E-state index in [4.69, 9.17) is 9.47 Å². The second kappa shape index (κ2) is 4.88. The molecular weight excluding hydrogens is 228 g/mol. The maximum absolute atomic E-state index is 11.0. The highest BCUT2D eigenvalue weighted by Crippen LogP contribution is 2.18. The summed E-state index contributed by atoms with van der Waals surface area (Å²) in [6, 6.07) is 14.5. The van der Waals surface area contributed by atoms with E-state index >= 15 is 0 Å². The number of rotatable bonds is 2. The van der Waals surface area contributed by atoms with Gasteiger partial charge in [0.15, 0.2) is 12.1 Å². The predicted octanol–water partition coefficient (Wildman–Crippen LogP) is 2.32. The largest absolute Gasteiger partial charge is 0.344 e. The lowest BCUT2D eigenvalue weighted by Gasteiger charge is -2.22. The number of hydrogen-bond donors (Lipinski definition) is 0. The molecule has 1 aliphatic heterocycles. The molecule has 0 amide bonds. The first-order valence-corrected chi connectivity index (χ1v) is 6.04. The van der Waals surface area contributed by atoms with Crippen LogP contribution in [-0.2, 0) is 20.7 Å². The van der Waals surface area contributed by atoms with Gasteiger partial charge in [-0.15, -0.1) is 0 Å². The lowest BCUT2D eigenvalue weighted by molar-refractivity contribution is -0.185. The molecular formula is C15H14O3. The lowest BCUT2D eigenvalue weighted by atomic mass is 10.0. The number of fused-ring (bicyclic) bond motifs is 1. The van der Waals surface area contributed by atoms with Gasteiger partial charge in [0.1, 0.15) is 13.2 Å². The SMILES string of the molecule is O=C1COC(Cc2ccc3ccccc3c2)OC1. The Bertz CT molecular complexity index is 567. The van der Waals surface area contributed by atoms with Gasteiger partial charge in [-0.1, -0.05) is 42.5 Å². The van der Waals surface area contributed by atoms with Gasteiger partial charge < -0.3 is 9.47 Å². The van der Waals surface area contributed by atoms with Gasteiger partial charge in [0.05, 0.1) is 0 Å². The molecule has 3 heteroatoms. The summed E-state index contributed by atoms with van der Waals surface area (Å²) >= 11 is 0. The van der Waals surface area contributed by atoms with Crippen LogP contribution >= 0.6 is 0 Å². The van der Waals surface area contributed by atoms with Gasteiger partial charge in [-0.2, -0.15) is 0 Å². The van der Waals surface area contributed by atoms with Crippen LogP contribution in [0.15, 0.2) is 42.5 Å². The molecule has 1 fully saturated rings. The number of Topliss-reactive ketones (excluding diaryl/α,β-unsaturated/α-hetero) is 1. The molecule has 92 valence electrons. The van der Waals surface area contributed by atoms with Crippen LogP contribution in [0, 0.1) is 0 Å². The van der Waals surface area contributed by atoms with Crippen molar-refractivity contribution in [2.75, 3.05) is 13.2 Å². The average molecular weight is 242 g/mol. The number of ether oxygens (including phenoxy) is 2. The van der Waals surface area contributed by atoms with Crippen LogP contribution < -0.4 is 0 Å². The summed E-state index contributed by atoms with van der Waals surface area (Å²) in [6.45, 7) is 0.330. The van der Waals surface area contributed by atoms with Crippen LogP contribution in [0.2, 0.25) is 0 Å². The number of ketones is 1. The van der Waals surface area contributed by atoms with E-state index in [1.165, 1.54) is 10.8 Å². The van der Waals surface area contributed by atoms with Gasteiger partial charge >= 0.3 is 0 Å². The Morgan fingerprint density at radius 3 is 2.50 bits per heavy atom. The van der Waals surface area contributed by atoms with Crippen molar-refractivity contribution in [2.45, 2.75) is 12.7 Å². The van der Waals surface area contributed by atoms with Crippen molar-refractivity contribution in [3.8, 4) is 0 Å². The highest BCUT2D eigenvalue weighted by atomic mass is 16.7. The molecule has 18 heavy (non-hydrogen) atoms. The third-order valence-corrected chi connectivity index (χ3v) is 3.08. The molecule has 0 bridgehead atoms. The van der Waals surface area contributed by atoms with Gasteiger partial charge in [-0.3, -0.25) is 4.79 Å². The highest BCUT2D eigenvalue weighted by Gasteiger charge is 2.19. The fourth-order valence-corrected chi connectivity index (χ4v) is 2.14. The number of hydrogen-bond acceptors (Lipinski definition) is 3. The van der Waals surface area contributed by atoms with E-state index in [9.17, 15) is 4.79 Å². The Hall–Kier alpha value is -1.71. The molecule has 3 rings (SSSR count). The summed E-state index contributed by atoms with van der Waals surface area (Å²) in [7, 11) is 0. The minimum Gasteiger partial charge on any atom is -0.344 e. The summed E-state index contributed by atoms with van der Waals surface area (Å²) < 4.78 is 10.7. The van der Waals surface area contributed by atoms with Crippen molar-refractivity contribution >= 4 is 16.6 Å². The van der Waals surface area contributed by atoms with Gasteiger partial charge in [0.2, 0.25) is 0 Å². The first kappa shape index (κ1) is 11.4. The second-order valence-corrected chi connectivity index (χ2v) is 4.48. The zero-order valence-corrected chi connectivity index (χ0v) is 9.96. The molecule has 0 N–H and O–H groups in total. The summed E-state index contributed by atoms with van der Waals surface area (Å²) in [5.41, 5.74) is 1.16. The van der Waals surface area contributed by atoms with Crippen molar-refractivity contribution in [2.24, 2.45) is 0 Å². The lowest BCUT2D eigenvalue weighted by Crippen LogP contribution is -2.33. The summed E-state index contributed by atoms with van der Waals surface area (Å²) in [5.74, 6) is 0.00441. The van der Waals surface area contributed by atoms with E-state index in [0.717, 1.165) is 5.56 Å². The first-order valence-electron chi connectivity index (χ1n) is 6.04. The minimum atomic E-state index is -0.302. The van der Waals surface area contributed by atoms with Crippen molar-refractivity contribution < 1.29 is 14.3 Å². The van der Waals surface area contributed by atoms with E-state index < -0.39 is 0 Å². The van der Waals surface area contributed by atoms with Gasteiger partial charge in [-0.25, -0.2) is 0 Å². The Morgan fingerprint density at radius 2 is 1.72 bits per heavy atom. The maximum atomic E-state index is 11.0. The van der Waals surface area contributed by atoms with Gasteiger partial charge in [-0.05, 0) is 16.3 Å². The van der Waals surface area contributed by atoms with Crippen LogP contribution in [0.5, 0.6) is 0 Å².